The number of nitrogens with zero attached hydrogens (tertiary/aromatic N) is 3. The van der Waals surface area contributed by atoms with E-state index in [1.54, 1.807) is 22.9 Å². The Labute approximate surface area is 175 Å². The SMILES string of the molecule is Cc1cccc(NC(=O)[C@@H]2CSCN2C(=O)c2ccc(N3CCCC3)nc2)c1C. The monoisotopic (exact) mass is 410 g/mol. The predicted octanol–water partition coefficient (Wildman–Crippen LogP) is 3.45. The Morgan fingerprint density at radius 2 is 1.93 bits per heavy atom. The highest BCUT2D eigenvalue weighted by atomic mass is 32.2. The Morgan fingerprint density at radius 3 is 2.66 bits per heavy atom. The summed E-state index contributed by atoms with van der Waals surface area (Å²) in [7, 11) is 0. The van der Waals surface area contributed by atoms with Crippen molar-refractivity contribution in [2.45, 2.75) is 32.7 Å². The third-order valence-corrected chi connectivity index (χ3v) is 6.75. The molecule has 0 spiro atoms. The second-order valence-electron chi connectivity index (χ2n) is 7.63. The zero-order valence-corrected chi connectivity index (χ0v) is 17.7. The molecule has 0 bridgehead atoms. The fraction of sp³-hybridized carbons (Fsp3) is 0.409. The molecule has 2 amide bonds. The number of benzene rings is 1. The van der Waals surface area contributed by atoms with Crippen LogP contribution in [0.5, 0.6) is 0 Å². The molecule has 0 saturated carbocycles. The van der Waals surface area contributed by atoms with E-state index < -0.39 is 6.04 Å². The van der Waals surface area contributed by atoms with Gasteiger partial charge >= 0.3 is 0 Å². The predicted molar refractivity (Wildman–Crippen MR) is 118 cm³/mol. The number of carbonyl (C=O) groups excluding carboxylic acids is 2. The van der Waals surface area contributed by atoms with Gasteiger partial charge in [0.1, 0.15) is 11.9 Å². The maximum atomic E-state index is 13.0. The molecule has 152 valence electrons. The molecule has 7 heteroatoms. The summed E-state index contributed by atoms with van der Waals surface area (Å²) < 4.78 is 0. The molecule has 0 radical (unpaired) electrons. The molecule has 2 aliphatic heterocycles. The van der Waals surface area contributed by atoms with Crippen LogP contribution in [0.4, 0.5) is 11.5 Å². The summed E-state index contributed by atoms with van der Waals surface area (Å²) in [5, 5.41) is 3.01. The molecule has 0 unspecified atom stereocenters. The van der Waals surface area contributed by atoms with E-state index in [9.17, 15) is 9.59 Å². The molecule has 1 aromatic carbocycles. The number of pyridine rings is 1. The van der Waals surface area contributed by atoms with Gasteiger partial charge in [0.15, 0.2) is 0 Å². The number of carbonyl (C=O) groups is 2. The zero-order valence-electron chi connectivity index (χ0n) is 16.9. The lowest BCUT2D eigenvalue weighted by molar-refractivity contribution is -0.119. The van der Waals surface area contributed by atoms with Crippen LogP contribution in [-0.2, 0) is 4.79 Å². The molecule has 6 nitrogen and oxygen atoms in total. The van der Waals surface area contributed by atoms with Crippen molar-refractivity contribution >= 4 is 35.1 Å². The van der Waals surface area contributed by atoms with Crippen molar-refractivity contribution in [3.8, 4) is 0 Å². The summed E-state index contributed by atoms with van der Waals surface area (Å²) in [5.74, 6) is 1.74. The molecule has 2 aromatic rings. The Morgan fingerprint density at radius 1 is 1.14 bits per heavy atom. The number of rotatable bonds is 4. The first-order valence-electron chi connectivity index (χ1n) is 10.0. The van der Waals surface area contributed by atoms with Gasteiger partial charge < -0.3 is 15.1 Å². The molecule has 4 rings (SSSR count). The average molecular weight is 411 g/mol. The van der Waals surface area contributed by atoms with Gasteiger partial charge in [-0.25, -0.2) is 4.98 Å². The van der Waals surface area contributed by atoms with Crippen LogP contribution >= 0.6 is 11.8 Å². The van der Waals surface area contributed by atoms with Crippen molar-refractivity contribution in [3.05, 3.63) is 53.2 Å². The first-order valence-corrected chi connectivity index (χ1v) is 11.2. The lowest BCUT2D eigenvalue weighted by Gasteiger charge is -2.24. The van der Waals surface area contributed by atoms with E-state index in [0.717, 1.165) is 35.7 Å². The summed E-state index contributed by atoms with van der Waals surface area (Å²) >= 11 is 1.60. The van der Waals surface area contributed by atoms with E-state index in [0.29, 0.717) is 17.2 Å². The highest BCUT2D eigenvalue weighted by Gasteiger charge is 2.35. The number of hydrogen-bond donors (Lipinski definition) is 1. The lowest BCUT2D eigenvalue weighted by Crippen LogP contribution is -2.44. The van der Waals surface area contributed by atoms with Crippen molar-refractivity contribution in [2.24, 2.45) is 0 Å². The third kappa shape index (κ3) is 4.10. The minimum Gasteiger partial charge on any atom is -0.357 e. The van der Waals surface area contributed by atoms with Gasteiger partial charge in [0.05, 0.1) is 11.4 Å². The first kappa shape index (κ1) is 19.8. The Kier molecular flexibility index (Phi) is 5.76. The molecule has 1 atom stereocenters. The quantitative estimate of drug-likeness (QED) is 0.836. The summed E-state index contributed by atoms with van der Waals surface area (Å²) in [4.78, 5) is 34.3. The smallest absolute Gasteiger partial charge is 0.256 e. The van der Waals surface area contributed by atoms with E-state index in [4.69, 9.17) is 0 Å². The molecule has 1 N–H and O–H groups in total. The standard InChI is InChI=1S/C22H26N4O2S/c1-15-6-5-7-18(16(15)2)24-21(27)19-13-29-14-26(19)22(28)17-8-9-20(23-12-17)25-10-3-4-11-25/h5-9,12,19H,3-4,10-11,13-14H2,1-2H3,(H,24,27)/t19-/m0/s1. The molecule has 1 aromatic heterocycles. The number of hydrogen-bond acceptors (Lipinski definition) is 5. The number of amides is 2. The molecular formula is C22H26N4O2S. The molecule has 29 heavy (non-hydrogen) atoms. The van der Waals surface area contributed by atoms with Crippen molar-refractivity contribution in [2.75, 3.05) is 34.9 Å². The zero-order chi connectivity index (χ0) is 20.4. The van der Waals surface area contributed by atoms with Crippen LogP contribution in [-0.4, -0.2) is 52.5 Å². The second kappa shape index (κ2) is 8.45. The largest absolute Gasteiger partial charge is 0.357 e. The van der Waals surface area contributed by atoms with Crippen LogP contribution in [0.3, 0.4) is 0 Å². The Hall–Kier alpha value is -2.54. The molecular weight excluding hydrogens is 384 g/mol. The maximum Gasteiger partial charge on any atom is 0.256 e. The van der Waals surface area contributed by atoms with Crippen molar-refractivity contribution < 1.29 is 9.59 Å². The summed E-state index contributed by atoms with van der Waals surface area (Å²) in [5.41, 5.74) is 3.50. The Bertz CT molecular complexity index is 910. The molecule has 3 heterocycles. The topological polar surface area (TPSA) is 65.5 Å². The average Bonchev–Trinajstić information content (AvgIpc) is 3.43. The van der Waals surface area contributed by atoms with Crippen molar-refractivity contribution in [1.82, 2.24) is 9.88 Å². The van der Waals surface area contributed by atoms with E-state index in [2.05, 4.69) is 15.2 Å². The van der Waals surface area contributed by atoms with Gasteiger partial charge in [0.2, 0.25) is 5.91 Å². The summed E-state index contributed by atoms with van der Waals surface area (Å²) in [6, 6.07) is 9.10. The number of anilines is 2. The van der Waals surface area contributed by atoms with Crippen LogP contribution in [0.1, 0.15) is 34.3 Å². The van der Waals surface area contributed by atoms with Gasteiger partial charge in [-0.05, 0) is 56.0 Å². The summed E-state index contributed by atoms with van der Waals surface area (Å²) in [6.45, 7) is 6.04. The Balaban J connectivity index is 1.46. The van der Waals surface area contributed by atoms with Crippen molar-refractivity contribution in [1.29, 1.82) is 0 Å². The maximum absolute atomic E-state index is 13.0. The molecule has 0 aliphatic carbocycles. The molecule has 2 saturated heterocycles. The van der Waals surface area contributed by atoms with E-state index in [-0.39, 0.29) is 11.8 Å². The number of aryl methyl sites for hydroxylation is 1. The number of aromatic nitrogens is 1. The summed E-state index contributed by atoms with van der Waals surface area (Å²) in [6.07, 6.45) is 4.01. The van der Waals surface area contributed by atoms with Crippen LogP contribution in [0.2, 0.25) is 0 Å². The van der Waals surface area contributed by atoms with E-state index in [1.165, 1.54) is 12.8 Å². The third-order valence-electron chi connectivity index (χ3n) is 5.73. The minimum atomic E-state index is -0.481. The number of thioether (sulfide) groups is 1. The van der Waals surface area contributed by atoms with Gasteiger partial charge in [-0.1, -0.05) is 12.1 Å². The van der Waals surface area contributed by atoms with Gasteiger partial charge in [0.25, 0.3) is 5.91 Å². The van der Waals surface area contributed by atoms with Crippen LogP contribution in [0.15, 0.2) is 36.5 Å². The van der Waals surface area contributed by atoms with E-state index in [1.807, 2.05) is 44.2 Å². The molecule has 2 aliphatic rings. The first-order chi connectivity index (χ1) is 14.0. The van der Waals surface area contributed by atoms with E-state index >= 15 is 0 Å². The van der Waals surface area contributed by atoms with Crippen LogP contribution in [0, 0.1) is 13.8 Å². The molecule has 2 fully saturated rings. The highest BCUT2D eigenvalue weighted by molar-refractivity contribution is 7.99. The van der Waals surface area contributed by atoms with Gasteiger partial charge in [0, 0.05) is 30.7 Å². The van der Waals surface area contributed by atoms with Gasteiger partial charge in [-0.3, -0.25) is 9.59 Å². The highest BCUT2D eigenvalue weighted by Crippen LogP contribution is 2.26. The van der Waals surface area contributed by atoms with Crippen LogP contribution in [0.25, 0.3) is 0 Å². The lowest BCUT2D eigenvalue weighted by atomic mass is 10.1. The van der Waals surface area contributed by atoms with Crippen LogP contribution < -0.4 is 10.2 Å². The van der Waals surface area contributed by atoms with Gasteiger partial charge in [-0.15, -0.1) is 11.8 Å². The fourth-order valence-electron chi connectivity index (χ4n) is 3.77. The number of nitrogens with one attached hydrogen (secondary N) is 1. The minimum absolute atomic E-state index is 0.140. The second-order valence-corrected chi connectivity index (χ2v) is 8.63. The normalized spacial score (nSPS) is 18.9. The van der Waals surface area contributed by atoms with Gasteiger partial charge in [-0.2, -0.15) is 0 Å². The fourth-order valence-corrected chi connectivity index (χ4v) is 4.93. The van der Waals surface area contributed by atoms with Crippen molar-refractivity contribution in [3.63, 3.8) is 0 Å².